The lowest BCUT2D eigenvalue weighted by Crippen LogP contribution is -2.53. The first-order valence-electron chi connectivity index (χ1n) is 8.14. The number of rotatable bonds is 5. The molecule has 1 fully saturated rings. The molecule has 132 valence electrons. The van der Waals surface area contributed by atoms with E-state index in [0.717, 1.165) is 5.56 Å². The molecule has 0 saturated carbocycles. The van der Waals surface area contributed by atoms with E-state index in [1.54, 1.807) is 6.92 Å². The molecule has 0 radical (unpaired) electrons. The molecule has 2 aromatic rings. The van der Waals surface area contributed by atoms with Crippen molar-refractivity contribution in [1.82, 2.24) is 10.3 Å². The van der Waals surface area contributed by atoms with Gasteiger partial charge in [0, 0.05) is 18.8 Å². The van der Waals surface area contributed by atoms with Gasteiger partial charge >= 0.3 is 5.97 Å². The van der Waals surface area contributed by atoms with Crippen LogP contribution in [0.4, 0.5) is 0 Å². The van der Waals surface area contributed by atoms with E-state index in [1.165, 1.54) is 0 Å². The number of oxazole rings is 1. The highest BCUT2D eigenvalue weighted by molar-refractivity contribution is 5.94. The van der Waals surface area contributed by atoms with Crippen molar-refractivity contribution in [2.75, 3.05) is 13.2 Å². The van der Waals surface area contributed by atoms with Gasteiger partial charge in [-0.2, -0.15) is 0 Å². The predicted molar refractivity (Wildman–Crippen MR) is 89.2 cm³/mol. The van der Waals surface area contributed by atoms with Crippen molar-refractivity contribution in [3.8, 4) is 11.5 Å². The molecule has 2 heterocycles. The Hall–Kier alpha value is -2.67. The van der Waals surface area contributed by atoms with Gasteiger partial charge in [-0.3, -0.25) is 9.59 Å². The molecule has 7 heteroatoms. The Morgan fingerprint density at radius 1 is 1.24 bits per heavy atom. The molecule has 1 amide bonds. The van der Waals surface area contributed by atoms with E-state index in [2.05, 4.69) is 10.3 Å². The van der Waals surface area contributed by atoms with Gasteiger partial charge in [-0.05, 0) is 31.9 Å². The van der Waals surface area contributed by atoms with E-state index in [4.69, 9.17) is 9.15 Å². The number of ether oxygens (including phenoxy) is 1. The average molecular weight is 344 g/mol. The molecule has 7 nitrogen and oxygen atoms in total. The van der Waals surface area contributed by atoms with Gasteiger partial charge in [0.25, 0.3) is 5.91 Å². The van der Waals surface area contributed by atoms with Crippen LogP contribution in [-0.4, -0.2) is 40.7 Å². The van der Waals surface area contributed by atoms with Crippen LogP contribution in [0.25, 0.3) is 11.5 Å². The summed E-state index contributed by atoms with van der Waals surface area (Å²) in [5.74, 6) is -0.618. The Morgan fingerprint density at radius 2 is 1.92 bits per heavy atom. The van der Waals surface area contributed by atoms with Gasteiger partial charge in [-0.1, -0.05) is 18.2 Å². The highest BCUT2D eigenvalue weighted by Gasteiger charge is 2.37. The molecule has 0 aliphatic carbocycles. The van der Waals surface area contributed by atoms with Crippen molar-refractivity contribution in [2.24, 2.45) is 0 Å². The second-order valence-electron chi connectivity index (χ2n) is 6.21. The summed E-state index contributed by atoms with van der Waals surface area (Å²) in [5, 5.41) is 12.1. The second kappa shape index (κ2) is 7.06. The first-order valence-corrected chi connectivity index (χ1v) is 8.14. The van der Waals surface area contributed by atoms with Crippen LogP contribution in [0.1, 0.15) is 35.5 Å². The molecule has 0 atom stereocenters. The molecule has 0 spiro atoms. The number of nitrogens with zero attached hydrogens (tertiary/aromatic N) is 1. The highest BCUT2D eigenvalue weighted by Crippen LogP contribution is 2.26. The zero-order chi connectivity index (χ0) is 17.9. The van der Waals surface area contributed by atoms with Crippen LogP contribution in [0.3, 0.4) is 0 Å². The summed E-state index contributed by atoms with van der Waals surface area (Å²) < 4.78 is 10.9. The fourth-order valence-electron chi connectivity index (χ4n) is 3.01. The summed E-state index contributed by atoms with van der Waals surface area (Å²) in [7, 11) is 0. The Morgan fingerprint density at radius 3 is 2.56 bits per heavy atom. The lowest BCUT2D eigenvalue weighted by Gasteiger charge is -2.36. The largest absolute Gasteiger partial charge is 0.481 e. The zero-order valence-corrected chi connectivity index (χ0v) is 13.9. The number of aliphatic carboxylic acids is 1. The Balaban J connectivity index is 1.82. The van der Waals surface area contributed by atoms with Crippen molar-refractivity contribution in [3.63, 3.8) is 0 Å². The Bertz CT molecular complexity index is 763. The third-order valence-corrected chi connectivity index (χ3v) is 4.35. The maximum absolute atomic E-state index is 12.7. The van der Waals surface area contributed by atoms with Crippen molar-refractivity contribution in [1.29, 1.82) is 0 Å². The van der Waals surface area contributed by atoms with Gasteiger partial charge in [0.05, 0.1) is 12.0 Å². The van der Waals surface area contributed by atoms with Crippen LogP contribution >= 0.6 is 0 Å². The number of nitrogens with one attached hydrogen (secondary N) is 1. The van der Waals surface area contributed by atoms with Gasteiger partial charge in [-0.25, -0.2) is 4.98 Å². The SMILES string of the molecule is Cc1oc(-c2ccccc2)nc1C(=O)NC1(CC(=O)O)CCOCC1. The summed E-state index contributed by atoms with van der Waals surface area (Å²) in [6.07, 6.45) is 0.755. The normalized spacial score (nSPS) is 16.4. The molecule has 2 N–H and O–H groups in total. The second-order valence-corrected chi connectivity index (χ2v) is 6.21. The monoisotopic (exact) mass is 344 g/mol. The Kier molecular flexibility index (Phi) is 4.85. The summed E-state index contributed by atoms with van der Waals surface area (Å²) >= 11 is 0. The Labute approximate surface area is 145 Å². The van der Waals surface area contributed by atoms with Crippen LogP contribution in [0, 0.1) is 6.92 Å². The smallest absolute Gasteiger partial charge is 0.305 e. The number of carboxylic acids is 1. The average Bonchev–Trinajstić information content (AvgIpc) is 2.97. The van der Waals surface area contributed by atoms with Crippen molar-refractivity contribution >= 4 is 11.9 Å². The number of aryl methyl sites for hydroxylation is 1. The lowest BCUT2D eigenvalue weighted by atomic mass is 9.86. The minimum atomic E-state index is -0.955. The van der Waals surface area contributed by atoms with Gasteiger partial charge in [0.1, 0.15) is 5.76 Å². The number of carboxylic acid groups (broad SMARTS) is 1. The number of carbonyl (C=O) groups excluding carboxylic acids is 1. The summed E-state index contributed by atoms with van der Waals surface area (Å²) in [6.45, 7) is 2.50. The maximum atomic E-state index is 12.7. The number of aromatic nitrogens is 1. The summed E-state index contributed by atoms with van der Waals surface area (Å²) in [5.41, 5.74) is 0.130. The van der Waals surface area contributed by atoms with Gasteiger partial charge in [0.2, 0.25) is 5.89 Å². The van der Waals surface area contributed by atoms with Gasteiger partial charge in [-0.15, -0.1) is 0 Å². The van der Waals surface area contributed by atoms with E-state index >= 15 is 0 Å². The number of benzene rings is 1. The molecule has 25 heavy (non-hydrogen) atoms. The predicted octanol–water partition coefficient (Wildman–Crippen LogP) is 2.40. The van der Waals surface area contributed by atoms with E-state index in [1.807, 2.05) is 30.3 Å². The fraction of sp³-hybridized carbons (Fsp3) is 0.389. The van der Waals surface area contributed by atoms with Gasteiger partial charge < -0.3 is 19.6 Å². The van der Waals surface area contributed by atoms with Crippen LogP contribution in [0.15, 0.2) is 34.7 Å². The molecule has 1 aromatic carbocycles. The molecular formula is C18H20N2O5. The lowest BCUT2D eigenvalue weighted by molar-refractivity contribution is -0.139. The van der Waals surface area contributed by atoms with Crippen molar-refractivity contribution in [2.45, 2.75) is 31.7 Å². The number of carbonyl (C=O) groups is 2. The minimum Gasteiger partial charge on any atom is -0.481 e. The van der Waals surface area contributed by atoms with E-state index < -0.39 is 17.4 Å². The summed E-state index contributed by atoms with van der Waals surface area (Å²) in [4.78, 5) is 28.2. The van der Waals surface area contributed by atoms with Gasteiger partial charge in [0.15, 0.2) is 5.69 Å². The third kappa shape index (κ3) is 3.88. The third-order valence-electron chi connectivity index (χ3n) is 4.35. The minimum absolute atomic E-state index is 0.148. The maximum Gasteiger partial charge on any atom is 0.305 e. The highest BCUT2D eigenvalue weighted by atomic mass is 16.5. The van der Waals surface area contributed by atoms with E-state index in [-0.39, 0.29) is 12.1 Å². The van der Waals surface area contributed by atoms with Crippen molar-refractivity contribution in [3.05, 3.63) is 41.8 Å². The molecule has 3 rings (SSSR count). The van der Waals surface area contributed by atoms with E-state index in [0.29, 0.717) is 37.7 Å². The topological polar surface area (TPSA) is 102 Å². The molecule has 0 bridgehead atoms. The summed E-state index contributed by atoms with van der Waals surface area (Å²) in [6, 6.07) is 9.29. The number of hydrogen-bond acceptors (Lipinski definition) is 5. The fourth-order valence-corrected chi connectivity index (χ4v) is 3.01. The van der Waals surface area contributed by atoms with Crippen LogP contribution in [0.5, 0.6) is 0 Å². The standard InChI is InChI=1S/C18H20N2O5/c1-12-15(19-17(25-12)13-5-3-2-4-6-13)16(23)20-18(11-14(21)22)7-9-24-10-8-18/h2-6H,7-11H2,1H3,(H,20,23)(H,21,22). The van der Waals surface area contributed by atoms with Crippen molar-refractivity contribution < 1.29 is 23.8 Å². The number of hydrogen-bond donors (Lipinski definition) is 2. The first-order chi connectivity index (χ1) is 12.0. The molecule has 1 aliphatic heterocycles. The van der Waals surface area contributed by atoms with Crippen LogP contribution in [0.2, 0.25) is 0 Å². The number of amides is 1. The molecule has 1 aliphatic rings. The molecule has 1 saturated heterocycles. The molecule has 1 aromatic heterocycles. The molecular weight excluding hydrogens is 324 g/mol. The van der Waals surface area contributed by atoms with Crippen LogP contribution < -0.4 is 5.32 Å². The molecule has 0 unspecified atom stereocenters. The van der Waals surface area contributed by atoms with E-state index in [9.17, 15) is 14.7 Å². The zero-order valence-electron chi connectivity index (χ0n) is 13.9. The quantitative estimate of drug-likeness (QED) is 0.863. The first kappa shape index (κ1) is 17.2. The van der Waals surface area contributed by atoms with Crippen LogP contribution in [-0.2, 0) is 9.53 Å².